The SMILES string of the molecule is Cc1nc(C)c([C@H](OC(C)(C)C)C(=O)OC(C)C)c(N2CCC(C)(C)CC2)c1-c1ccc2c(c1)CNC2. The van der Waals surface area contributed by atoms with Crippen LogP contribution in [0.2, 0.25) is 0 Å². The standard InChI is InChI=1S/C31H45N3O3/c1-19(2)36-29(35)28(37-30(5,6)7)26-21(4)33-20(3)25(22-10-11-23-17-32-18-24(23)16-22)27(26)34-14-12-31(8,9)13-15-34/h10-11,16,19,28,32H,12-15,17-18H2,1-9H3/t28-/m0/s1. The third kappa shape index (κ3) is 6.18. The van der Waals surface area contributed by atoms with E-state index in [2.05, 4.69) is 49.2 Å². The van der Waals surface area contributed by atoms with Gasteiger partial charge in [0.1, 0.15) is 0 Å². The van der Waals surface area contributed by atoms with Gasteiger partial charge >= 0.3 is 5.97 Å². The molecular weight excluding hydrogens is 462 g/mol. The van der Waals surface area contributed by atoms with E-state index < -0.39 is 11.7 Å². The Balaban J connectivity index is 1.96. The molecule has 0 radical (unpaired) electrons. The molecule has 2 aliphatic heterocycles. The number of esters is 1. The Morgan fingerprint density at radius 1 is 1.05 bits per heavy atom. The van der Waals surface area contributed by atoms with Gasteiger partial charge in [-0.1, -0.05) is 26.0 Å². The van der Waals surface area contributed by atoms with E-state index in [1.165, 1.54) is 11.1 Å². The molecule has 1 fully saturated rings. The van der Waals surface area contributed by atoms with Gasteiger partial charge in [-0.15, -0.1) is 0 Å². The molecule has 1 saturated heterocycles. The quantitative estimate of drug-likeness (QED) is 0.456. The van der Waals surface area contributed by atoms with Crippen LogP contribution in [-0.2, 0) is 27.4 Å². The van der Waals surface area contributed by atoms with E-state index >= 15 is 0 Å². The zero-order valence-corrected chi connectivity index (χ0v) is 24.2. The second-order valence-corrected chi connectivity index (χ2v) is 12.8. The highest BCUT2D eigenvalue weighted by molar-refractivity contribution is 5.88. The molecule has 202 valence electrons. The molecule has 37 heavy (non-hydrogen) atoms. The van der Waals surface area contributed by atoms with Gasteiger partial charge in [0.15, 0.2) is 6.10 Å². The van der Waals surface area contributed by atoms with E-state index in [9.17, 15) is 4.79 Å². The summed E-state index contributed by atoms with van der Waals surface area (Å²) in [5, 5.41) is 3.46. The van der Waals surface area contributed by atoms with Gasteiger partial charge in [0.05, 0.1) is 17.4 Å². The number of aryl methyl sites for hydroxylation is 2. The molecule has 4 rings (SSSR count). The second kappa shape index (κ2) is 10.4. The van der Waals surface area contributed by atoms with Gasteiger partial charge in [0.2, 0.25) is 0 Å². The van der Waals surface area contributed by atoms with Crippen molar-refractivity contribution in [2.75, 3.05) is 18.0 Å². The summed E-state index contributed by atoms with van der Waals surface area (Å²) < 4.78 is 12.3. The Bertz CT molecular complexity index is 1150. The summed E-state index contributed by atoms with van der Waals surface area (Å²) in [6.45, 7) is 22.1. The average Bonchev–Trinajstić information content (AvgIpc) is 3.24. The Morgan fingerprint density at radius 2 is 1.70 bits per heavy atom. The lowest BCUT2D eigenvalue weighted by molar-refractivity contribution is -0.171. The third-order valence-electron chi connectivity index (χ3n) is 7.44. The van der Waals surface area contributed by atoms with Gasteiger partial charge in [0.25, 0.3) is 0 Å². The number of carbonyl (C=O) groups is 1. The number of rotatable bonds is 6. The first kappa shape index (κ1) is 27.6. The molecule has 0 bridgehead atoms. The van der Waals surface area contributed by atoms with Gasteiger partial charge in [-0.25, -0.2) is 4.79 Å². The number of pyridine rings is 1. The van der Waals surface area contributed by atoms with Crippen LogP contribution in [-0.4, -0.2) is 35.7 Å². The van der Waals surface area contributed by atoms with E-state index in [0.717, 1.165) is 72.8 Å². The van der Waals surface area contributed by atoms with Crippen molar-refractivity contribution in [3.05, 3.63) is 46.3 Å². The summed E-state index contributed by atoms with van der Waals surface area (Å²) in [5.41, 5.74) is 8.35. The smallest absolute Gasteiger partial charge is 0.340 e. The minimum absolute atomic E-state index is 0.236. The number of carbonyl (C=O) groups excluding carboxylic acids is 1. The fourth-order valence-corrected chi connectivity index (χ4v) is 5.49. The summed E-state index contributed by atoms with van der Waals surface area (Å²) in [4.78, 5) is 21.1. The number of nitrogens with zero attached hydrogens (tertiary/aromatic N) is 2. The van der Waals surface area contributed by atoms with E-state index in [0.29, 0.717) is 5.41 Å². The minimum Gasteiger partial charge on any atom is -0.461 e. The van der Waals surface area contributed by atoms with Crippen LogP contribution in [0.15, 0.2) is 18.2 Å². The van der Waals surface area contributed by atoms with Crippen molar-refractivity contribution in [1.82, 2.24) is 10.3 Å². The summed E-state index contributed by atoms with van der Waals surface area (Å²) in [7, 11) is 0. The Morgan fingerprint density at radius 3 is 2.32 bits per heavy atom. The van der Waals surface area contributed by atoms with E-state index in [1.54, 1.807) is 0 Å². The summed E-state index contributed by atoms with van der Waals surface area (Å²) >= 11 is 0. The molecule has 0 aliphatic carbocycles. The van der Waals surface area contributed by atoms with Crippen molar-refractivity contribution in [2.45, 2.75) is 106 Å². The van der Waals surface area contributed by atoms with E-state index in [-0.39, 0.29) is 12.1 Å². The lowest BCUT2D eigenvalue weighted by Gasteiger charge is -2.41. The van der Waals surface area contributed by atoms with Crippen LogP contribution in [0, 0.1) is 19.3 Å². The van der Waals surface area contributed by atoms with E-state index in [4.69, 9.17) is 14.5 Å². The first-order valence-electron chi connectivity index (χ1n) is 13.7. The van der Waals surface area contributed by atoms with Crippen LogP contribution in [0.4, 0.5) is 5.69 Å². The largest absolute Gasteiger partial charge is 0.461 e. The predicted molar refractivity (Wildman–Crippen MR) is 150 cm³/mol. The molecule has 1 aromatic heterocycles. The third-order valence-corrected chi connectivity index (χ3v) is 7.44. The molecule has 1 N–H and O–H groups in total. The summed E-state index contributed by atoms with van der Waals surface area (Å²) in [5.74, 6) is -0.360. The van der Waals surface area contributed by atoms with Crippen LogP contribution in [0.25, 0.3) is 11.1 Å². The maximum Gasteiger partial charge on any atom is 0.340 e. The predicted octanol–water partition coefficient (Wildman–Crippen LogP) is 6.40. The number of hydrogen-bond acceptors (Lipinski definition) is 6. The van der Waals surface area contributed by atoms with Crippen molar-refractivity contribution >= 4 is 11.7 Å². The molecule has 0 spiro atoms. The lowest BCUT2D eigenvalue weighted by Crippen LogP contribution is -2.39. The molecule has 1 atom stereocenters. The normalized spacial score (nSPS) is 18.2. The number of hydrogen-bond donors (Lipinski definition) is 1. The molecule has 3 heterocycles. The summed E-state index contributed by atoms with van der Waals surface area (Å²) in [6.07, 6.45) is 1.07. The zero-order chi connectivity index (χ0) is 27.1. The maximum atomic E-state index is 13.6. The van der Waals surface area contributed by atoms with Crippen molar-refractivity contribution in [2.24, 2.45) is 5.41 Å². The van der Waals surface area contributed by atoms with Gasteiger partial charge in [0, 0.05) is 48.7 Å². The molecule has 0 amide bonds. The first-order chi connectivity index (χ1) is 17.3. The second-order valence-electron chi connectivity index (χ2n) is 12.8. The monoisotopic (exact) mass is 507 g/mol. The Kier molecular flexibility index (Phi) is 7.74. The Labute approximate surface area is 223 Å². The molecule has 2 aromatic rings. The van der Waals surface area contributed by atoms with Crippen LogP contribution in [0.5, 0.6) is 0 Å². The van der Waals surface area contributed by atoms with Crippen LogP contribution in [0.3, 0.4) is 0 Å². The maximum absolute atomic E-state index is 13.6. The highest BCUT2D eigenvalue weighted by Gasteiger charge is 2.37. The number of aromatic nitrogens is 1. The molecule has 0 saturated carbocycles. The number of nitrogens with one attached hydrogen (secondary N) is 1. The Hall–Kier alpha value is -2.44. The number of anilines is 1. The minimum atomic E-state index is -0.865. The average molecular weight is 508 g/mol. The van der Waals surface area contributed by atoms with Gasteiger partial charge in [-0.2, -0.15) is 0 Å². The van der Waals surface area contributed by atoms with Crippen molar-refractivity contribution < 1.29 is 14.3 Å². The van der Waals surface area contributed by atoms with Crippen LogP contribution < -0.4 is 10.2 Å². The number of ether oxygens (including phenoxy) is 2. The highest BCUT2D eigenvalue weighted by atomic mass is 16.6. The number of fused-ring (bicyclic) bond motifs is 1. The van der Waals surface area contributed by atoms with Gasteiger partial charge < -0.3 is 19.7 Å². The molecule has 6 nitrogen and oxygen atoms in total. The number of benzene rings is 1. The van der Waals surface area contributed by atoms with Crippen LogP contribution in [0.1, 0.15) is 95.5 Å². The molecule has 0 unspecified atom stereocenters. The molecular formula is C31H45N3O3. The highest BCUT2D eigenvalue weighted by Crippen LogP contribution is 2.45. The first-order valence-corrected chi connectivity index (χ1v) is 13.7. The van der Waals surface area contributed by atoms with Crippen molar-refractivity contribution in [1.29, 1.82) is 0 Å². The summed E-state index contributed by atoms with van der Waals surface area (Å²) in [6, 6.07) is 6.73. The topological polar surface area (TPSA) is 63.7 Å². The van der Waals surface area contributed by atoms with Gasteiger partial charge in [-0.05, 0) is 89.5 Å². The van der Waals surface area contributed by atoms with Crippen LogP contribution >= 0.6 is 0 Å². The molecule has 1 aromatic carbocycles. The van der Waals surface area contributed by atoms with Crippen molar-refractivity contribution in [3.8, 4) is 11.1 Å². The van der Waals surface area contributed by atoms with Gasteiger partial charge in [-0.3, -0.25) is 4.98 Å². The molecule has 2 aliphatic rings. The molecule has 6 heteroatoms. The van der Waals surface area contributed by atoms with E-state index in [1.807, 2.05) is 41.5 Å². The fraction of sp³-hybridized carbons (Fsp3) is 0.613. The number of piperidine rings is 1. The van der Waals surface area contributed by atoms with Crippen molar-refractivity contribution in [3.63, 3.8) is 0 Å². The fourth-order valence-electron chi connectivity index (χ4n) is 5.49. The lowest BCUT2D eigenvalue weighted by atomic mass is 9.81. The zero-order valence-electron chi connectivity index (χ0n) is 24.2.